The maximum atomic E-state index is 12.7. The van der Waals surface area contributed by atoms with E-state index in [2.05, 4.69) is 50.3 Å². The van der Waals surface area contributed by atoms with E-state index in [1.807, 2.05) is 21.1 Å². The average molecular weight is 869 g/mol. The average Bonchev–Trinajstić information content (AvgIpc) is 3.20. The highest BCUT2D eigenvalue weighted by atomic mass is 31.2. The Balaban J connectivity index is 4.30. The lowest BCUT2D eigenvalue weighted by atomic mass is 10.1. The van der Waals surface area contributed by atoms with Gasteiger partial charge in [0.2, 0.25) is 0 Å². The van der Waals surface area contributed by atoms with E-state index in [4.69, 9.17) is 18.5 Å². The van der Waals surface area contributed by atoms with E-state index in [1.54, 1.807) is 0 Å². The minimum absolute atomic E-state index is 0.0296. The Kier molecular flexibility index (Phi) is 41.3. The molecule has 0 rings (SSSR count). The third-order valence-electron chi connectivity index (χ3n) is 10.6. The van der Waals surface area contributed by atoms with Gasteiger partial charge in [-0.2, -0.15) is 0 Å². The summed E-state index contributed by atoms with van der Waals surface area (Å²) in [6.07, 6.45) is 49.0. The van der Waals surface area contributed by atoms with Crippen molar-refractivity contribution in [2.45, 2.75) is 225 Å². The van der Waals surface area contributed by atoms with Gasteiger partial charge in [0.25, 0.3) is 0 Å². The van der Waals surface area contributed by atoms with Crippen LogP contribution >= 0.6 is 7.82 Å². The number of esters is 2. The monoisotopic (exact) mass is 869 g/mol. The summed E-state index contributed by atoms with van der Waals surface area (Å²) in [6, 6.07) is 0. The lowest BCUT2D eigenvalue weighted by Crippen LogP contribution is -2.37. The van der Waals surface area contributed by atoms with Gasteiger partial charge in [-0.25, -0.2) is 4.57 Å². The van der Waals surface area contributed by atoms with Crippen molar-refractivity contribution in [1.29, 1.82) is 0 Å². The zero-order valence-electron chi connectivity index (χ0n) is 39.7. The van der Waals surface area contributed by atoms with Crippen LogP contribution in [0.3, 0.4) is 0 Å². The van der Waals surface area contributed by atoms with Crippen molar-refractivity contribution >= 4 is 19.8 Å². The normalized spacial score (nSPS) is 13.8. The van der Waals surface area contributed by atoms with Crippen molar-refractivity contribution in [3.63, 3.8) is 0 Å². The molecule has 0 saturated heterocycles. The fourth-order valence-corrected chi connectivity index (χ4v) is 7.49. The number of unbranched alkanes of at least 4 members (excludes halogenated alkanes) is 25. The van der Waals surface area contributed by atoms with Crippen LogP contribution in [-0.4, -0.2) is 74.9 Å². The molecule has 0 aliphatic carbocycles. The molecule has 60 heavy (non-hydrogen) atoms. The van der Waals surface area contributed by atoms with Gasteiger partial charge in [-0.15, -0.1) is 0 Å². The van der Waals surface area contributed by atoms with Crippen LogP contribution in [-0.2, 0) is 32.7 Å². The lowest BCUT2D eigenvalue weighted by Gasteiger charge is -2.24. The van der Waals surface area contributed by atoms with Crippen molar-refractivity contribution in [3.8, 4) is 0 Å². The van der Waals surface area contributed by atoms with Crippen molar-refractivity contribution in [2.24, 2.45) is 0 Å². The number of rotatable bonds is 45. The molecule has 0 aliphatic rings. The van der Waals surface area contributed by atoms with E-state index >= 15 is 0 Å². The van der Waals surface area contributed by atoms with Gasteiger partial charge < -0.3 is 18.9 Å². The van der Waals surface area contributed by atoms with E-state index < -0.39 is 26.5 Å². The molecule has 0 aromatic carbocycles. The third kappa shape index (κ3) is 45.7. The van der Waals surface area contributed by atoms with Gasteiger partial charge >= 0.3 is 19.8 Å². The van der Waals surface area contributed by atoms with E-state index in [-0.39, 0.29) is 32.0 Å². The molecule has 0 saturated carbocycles. The van der Waals surface area contributed by atoms with Crippen LogP contribution in [0.25, 0.3) is 0 Å². The Labute approximate surface area is 370 Å². The van der Waals surface area contributed by atoms with Gasteiger partial charge in [0.1, 0.15) is 19.8 Å². The van der Waals surface area contributed by atoms with Crippen LogP contribution in [0.15, 0.2) is 36.5 Å². The number of carbonyl (C=O) groups is 2. The second kappa shape index (κ2) is 42.5. The van der Waals surface area contributed by atoms with Crippen LogP contribution in [0.4, 0.5) is 0 Å². The van der Waals surface area contributed by atoms with Crippen molar-refractivity contribution in [3.05, 3.63) is 36.5 Å². The molecule has 0 aromatic rings. The summed E-state index contributed by atoms with van der Waals surface area (Å²) in [6.45, 7) is 4.40. The molecule has 0 aliphatic heterocycles. The molecule has 9 nitrogen and oxygen atoms in total. The molecule has 1 unspecified atom stereocenters. The van der Waals surface area contributed by atoms with Crippen molar-refractivity contribution in [2.75, 3.05) is 47.5 Å². The van der Waals surface area contributed by atoms with Crippen molar-refractivity contribution < 1.29 is 42.1 Å². The number of phosphoric acid groups is 1. The lowest BCUT2D eigenvalue weighted by molar-refractivity contribution is -0.870. The maximum Gasteiger partial charge on any atom is 0.472 e. The van der Waals surface area contributed by atoms with Gasteiger partial charge in [0.15, 0.2) is 6.10 Å². The summed E-state index contributed by atoms with van der Waals surface area (Å²) in [5, 5.41) is 0. The fourth-order valence-electron chi connectivity index (χ4n) is 6.75. The molecule has 0 heterocycles. The molecule has 0 fully saturated rings. The predicted octanol–water partition coefficient (Wildman–Crippen LogP) is 14.5. The highest BCUT2D eigenvalue weighted by Gasteiger charge is 2.27. The van der Waals surface area contributed by atoms with Crippen LogP contribution in [0.1, 0.15) is 219 Å². The van der Waals surface area contributed by atoms with Crippen molar-refractivity contribution in [1.82, 2.24) is 0 Å². The summed E-state index contributed by atoms with van der Waals surface area (Å²) in [7, 11) is 1.47. The molecule has 352 valence electrons. The number of hydrogen-bond acceptors (Lipinski definition) is 7. The molecule has 1 N–H and O–H groups in total. The SMILES string of the molecule is CCCCC/C=C\C/C=C\CCCCCCCCCC(=O)OC[C@H](COP(=O)(O)OCC[N+](C)(C)C)OC(=O)CCCCCCCCC/C=C\CCCCCCCCCC. The number of ether oxygens (including phenoxy) is 2. The van der Waals surface area contributed by atoms with Crippen LogP contribution in [0.2, 0.25) is 0 Å². The zero-order valence-corrected chi connectivity index (χ0v) is 40.6. The predicted molar refractivity (Wildman–Crippen MR) is 252 cm³/mol. The van der Waals surface area contributed by atoms with Crippen LogP contribution < -0.4 is 0 Å². The summed E-state index contributed by atoms with van der Waals surface area (Å²) >= 11 is 0. The highest BCUT2D eigenvalue weighted by Crippen LogP contribution is 2.43. The summed E-state index contributed by atoms with van der Waals surface area (Å²) in [5.41, 5.74) is 0. The van der Waals surface area contributed by atoms with Gasteiger partial charge in [-0.1, -0.05) is 172 Å². The Morgan fingerprint density at radius 2 is 0.900 bits per heavy atom. The first-order chi connectivity index (χ1) is 29.0. The Morgan fingerprint density at radius 1 is 0.517 bits per heavy atom. The molecular weight excluding hydrogens is 774 g/mol. The highest BCUT2D eigenvalue weighted by molar-refractivity contribution is 7.47. The molecule has 0 amide bonds. The third-order valence-corrected chi connectivity index (χ3v) is 11.6. The first kappa shape index (κ1) is 58.2. The van der Waals surface area contributed by atoms with E-state index in [9.17, 15) is 19.0 Å². The minimum Gasteiger partial charge on any atom is -0.462 e. The topological polar surface area (TPSA) is 108 Å². The molecular formula is C50H95NO8P+. The van der Waals surface area contributed by atoms with Gasteiger partial charge in [0.05, 0.1) is 27.7 Å². The van der Waals surface area contributed by atoms with Gasteiger partial charge in [-0.05, 0) is 70.6 Å². The van der Waals surface area contributed by atoms with E-state index in [0.29, 0.717) is 17.4 Å². The molecule has 2 atom stereocenters. The first-order valence-corrected chi connectivity index (χ1v) is 26.2. The zero-order chi connectivity index (χ0) is 44.3. The number of phosphoric ester groups is 1. The molecule has 0 aromatic heterocycles. The number of hydrogen-bond donors (Lipinski definition) is 1. The number of allylic oxidation sites excluding steroid dienone is 6. The Bertz CT molecular complexity index is 1120. The Hall–Kier alpha value is -1.77. The number of nitrogens with zero attached hydrogens (tertiary/aromatic N) is 1. The second-order valence-corrected chi connectivity index (χ2v) is 19.3. The summed E-state index contributed by atoms with van der Waals surface area (Å²) in [4.78, 5) is 35.5. The Morgan fingerprint density at radius 3 is 1.37 bits per heavy atom. The summed E-state index contributed by atoms with van der Waals surface area (Å²) < 4.78 is 34.4. The molecule has 0 bridgehead atoms. The fraction of sp³-hybridized carbons (Fsp3) is 0.840. The van der Waals surface area contributed by atoms with E-state index in [0.717, 1.165) is 64.2 Å². The number of likely N-dealkylation sites (N-methyl/N-ethyl adjacent to an activating group) is 1. The van der Waals surface area contributed by atoms with Gasteiger partial charge in [-0.3, -0.25) is 18.6 Å². The van der Waals surface area contributed by atoms with Gasteiger partial charge in [0, 0.05) is 12.8 Å². The van der Waals surface area contributed by atoms with E-state index in [1.165, 1.54) is 122 Å². The smallest absolute Gasteiger partial charge is 0.462 e. The number of carbonyl (C=O) groups excluding carboxylic acids is 2. The largest absolute Gasteiger partial charge is 0.472 e. The first-order valence-electron chi connectivity index (χ1n) is 24.7. The molecule has 10 heteroatoms. The second-order valence-electron chi connectivity index (χ2n) is 17.8. The quantitative estimate of drug-likeness (QED) is 0.0212. The maximum absolute atomic E-state index is 12.7. The molecule has 0 spiro atoms. The van der Waals surface area contributed by atoms with Crippen LogP contribution in [0.5, 0.6) is 0 Å². The number of quaternary nitrogens is 1. The minimum atomic E-state index is -4.38. The molecule has 0 radical (unpaired) electrons. The standard InChI is InChI=1S/C50H94NO8P/c1-6-8-10-12-14-16-18-20-22-24-25-27-29-31-33-35-37-39-41-43-50(53)59-48(47-58-60(54,55)57-45-44-51(3,4)5)46-56-49(52)42-40-38-36-34-32-30-28-26-23-21-19-17-15-13-11-9-7-2/h15,17,21,23-25,48H,6-14,16,18-20,22,26-47H2,1-5H3/p+1/b17-15-,23-21-,25-24-/t48-/m1/s1. The van der Waals surface area contributed by atoms with Crippen LogP contribution in [0, 0.1) is 0 Å². The summed E-state index contributed by atoms with van der Waals surface area (Å²) in [5.74, 6) is -0.807.